The number of ether oxygens (including phenoxy) is 1. The van der Waals surface area contributed by atoms with E-state index in [0.717, 1.165) is 45.7 Å². The molecule has 0 atom stereocenters. The fourth-order valence-corrected chi connectivity index (χ4v) is 3.63. The van der Waals surface area contributed by atoms with E-state index in [1.165, 1.54) is 32.1 Å². The molecule has 1 heterocycles. The first kappa shape index (κ1) is 17.0. The molecular weight excluding hydrogens is 290 g/mol. The Morgan fingerprint density at radius 1 is 1.10 bits per heavy atom. The first-order valence-electron chi connectivity index (χ1n) is 8.05. The third kappa shape index (κ3) is 3.70. The lowest BCUT2D eigenvalue weighted by Gasteiger charge is -2.48. The van der Waals surface area contributed by atoms with Gasteiger partial charge in [-0.05, 0) is 25.7 Å². The van der Waals surface area contributed by atoms with Gasteiger partial charge in [0.15, 0.2) is 0 Å². The third-order valence-corrected chi connectivity index (χ3v) is 5.29. The maximum Gasteiger partial charge on any atom is 0.240 e. The molecule has 1 amide bonds. The first-order valence-corrected chi connectivity index (χ1v) is 8.05. The average Bonchev–Trinajstić information content (AvgIpc) is 3.26. The van der Waals surface area contributed by atoms with Crippen molar-refractivity contribution in [3.05, 3.63) is 0 Å². The van der Waals surface area contributed by atoms with Crippen molar-refractivity contribution in [1.82, 2.24) is 10.2 Å². The van der Waals surface area contributed by atoms with Gasteiger partial charge in [-0.3, -0.25) is 9.69 Å². The van der Waals surface area contributed by atoms with E-state index >= 15 is 0 Å². The molecular formula is C15H28ClN3O2. The number of carbonyl (C=O) groups is 1. The molecule has 0 unspecified atom stereocenters. The Morgan fingerprint density at radius 3 is 2.29 bits per heavy atom. The fourth-order valence-electron chi connectivity index (χ4n) is 3.63. The molecule has 0 aromatic heterocycles. The minimum absolute atomic E-state index is 0. The second-order valence-electron chi connectivity index (χ2n) is 6.72. The van der Waals surface area contributed by atoms with Gasteiger partial charge in [0.2, 0.25) is 5.91 Å². The predicted molar refractivity (Wildman–Crippen MR) is 84.6 cm³/mol. The zero-order valence-corrected chi connectivity index (χ0v) is 13.6. The molecule has 122 valence electrons. The van der Waals surface area contributed by atoms with Gasteiger partial charge in [-0.1, -0.05) is 19.3 Å². The molecule has 0 bridgehead atoms. The molecule has 3 fully saturated rings. The van der Waals surface area contributed by atoms with Gasteiger partial charge in [-0.15, -0.1) is 12.4 Å². The summed E-state index contributed by atoms with van der Waals surface area (Å²) in [5.74, 6) is 0.0516. The Balaban J connectivity index is 0.00000161. The van der Waals surface area contributed by atoms with Crippen LogP contribution in [0.25, 0.3) is 0 Å². The van der Waals surface area contributed by atoms with Crippen LogP contribution in [-0.4, -0.2) is 54.7 Å². The number of hydrogen-bond acceptors (Lipinski definition) is 4. The molecule has 5 nitrogen and oxygen atoms in total. The van der Waals surface area contributed by atoms with Gasteiger partial charge in [-0.2, -0.15) is 0 Å². The summed E-state index contributed by atoms with van der Waals surface area (Å²) in [6, 6.07) is 0. The summed E-state index contributed by atoms with van der Waals surface area (Å²) < 4.78 is 5.48. The van der Waals surface area contributed by atoms with E-state index in [1.807, 2.05) is 0 Å². The highest BCUT2D eigenvalue weighted by Gasteiger charge is 2.47. The van der Waals surface area contributed by atoms with E-state index in [9.17, 15) is 4.79 Å². The number of rotatable bonds is 4. The zero-order chi connectivity index (χ0) is 14.1. The highest BCUT2D eigenvalue weighted by Crippen LogP contribution is 2.35. The highest BCUT2D eigenvalue weighted by molar-refractivity contribution is 5.89. The fraction of sp³-hybridized carbons (Fsp3) is 0.933. The minimum Gasteiger partial charge on any atom is -0.379 e. The SMILES string of the molecule is Cl.NC1(C(=O)NCC2(N3CCOCC3)CCCCC2)CC1. The van der Waals surface area contributed by atoms with Crippen LogP contribution in [0.3, 0.4) is 0 Å². The average molecular weight is 318 g/mol. The van der Waals surface area contributed by atoms with Crippen LogP contribution < -0.4 is 11.1 Å². The molecule has 0 spiro atoms. The summed E-state index contributed by atoms with van der Waals surface area (Å²) in [7, 11) is 0. The molecule has 3 aliphatic rings. The van der Waals surface area contributed by atoms with Crippen molar-refractivity contribution in [3.8, 4) is 0 Å². The highest BCUT2D eigenvalue weighted by atomic mass is 35.5. The number of hydrogen-bond donors (Lipinski definition) is 2. The van der Waals surface area contributed by atoms with Crippen LogP contribution in [0.1, 0.15) is 44.9 Å². The second-order valence-corrected chi connectivity index (χ2v) is 6.72. The number of halogens is 1. The predicted octanol–water partition coefficient (Wildman–Crippen LogP) is 1.05. The minimum atomic E-state index is -0.555. The zero-order valence-electron chi connectivity index (χ0n) is 12.7. The lowest BCUT2D eigenvalue weighted by molar-refractivity contribution is -0.124. The van der Waals surface area contributed by atoms with Gasteiger partial charge in [-0.25, -0.2) is 0 Å². The van der Waals surface area contributed by atoms with Gasteiger partial charge >= 0.3 is 0 Å². The number of carbonyl (C=O) groups excluding carboxylic acids is 1. The number of morpholine rings is 1. The van der Waals surface area contributed by atoms with E-state index < -0.39 is 5.54 Å². The molecule has 3 rings (SSSR count). The lowest BCUT2D eigenvalue weighted by Crippen LogP contribution is -2.60. The van der Waals surface area contributed by atoms with Crippen molar-refractivity contribution in [2.24, 2.45) is 5.73 Å². The normalized spacial score (nSPS) is 27.5. The van der Waals surface area contributed by atoms with Crippen molar-refractivity contribution < 1.29 is 9.53 Å². The molecule has 6 heteroatoms. The Hall–Kier alpha value is -0.360. The van der Waals surface area contributed by atoms with Crippen molar-refractivity contribution in [2.75, 3.05) is 32.8 Å². The maximum absolute atomic E-state index is 12.1. The first-order chi connectivity index (χ1) is 9.65. The van der Waals surface area contributed by atoms with Crippen molar-refractivity contribution in [1.29, 1.82) is 0 Å². The standard InChI is InChI=1S/C15H27N3O2.ClH/c16-15(6-7-15)13(19)17-12-14(4-2-1-3-5-14)18-8-10-20-11-9-18;/h1-12,16H2,(H,17,19);1H. The maximum atomic E-state index is 12.1. The van der Waals surface area contributed by atoms with E-state index in [-0.39, 0.29) is 23.9 Å². The third-order valence-electron chi connectivity index (χ3n) is 5.29. The molecule has 2 saturated carbocycles. The topological polar surface area (TPSA) is 67.6 Å². The van der Waals surface area contributed by atoms with Gasteiger partial charge in [0, 0.05) is 25.2 Å². The van der Waals surface area contributed by atoms with Crippen LogP contribution in [0.2, 0.25) is 0 Å². The van der Waals surface area contributed by atoms with E-state index in [2.05, 4.69) is 10.2 Å². The van der Waals surface area contributed by atoms with Crippen LogP contribution in [0.5, 0.6) is 0 Å². The summed E-state index contributed by atoms with van der Waals surface area (Å²) in [4.78, 5) is 14.7. The molecule has 1 aliphatic heterocycles. The molecule has 0 aromatic rings. The Kier molecular flexibility index (Phi) is 5.52. The number of nitrogens with zero attached hydrogens (tertiary/aromatic N) is 1. The van der Waals surface area contributed by atoms with Crippen molar-refractivity contribution in [3.63, 3.8) is 0 Å². The Bertz CT molecular complexity index is 362. The summed E-state index contributed by atoms with van der Waals surface area (Å²) in [6.45, 7) is 4.37. The van der Waals surface area contributed by atoms with Gasteiger partial charge < -0.3 is 15.8 Å². The second kappa shape index (κ2) is 6.82. The number of nitrogens with two attached hydrogens (primary N) is 1. The Labute approximate surface area is 133 Å². The lowest BCUT2D eigenvalue weighted by atomic mass is 9.79. The van der Waals surface area contributed by atoms with Crippen LogP contribution in [0.4, 0.5) is 0 Å². The van der Waals surface area contributed by atoms with Gasteiger partial charge in [0.1, 0.15) is 0 Å². The Morgan fingerprint density at radius 2 is 1.71 bits per heavy atom. The number of amides is 1. The largest absolute Gasteiger partial charge is 0.379 e. The van der Waals surface area contributed by atoms with E-state index in [1.54, 1.807) is 0 Å². The summed E-state index contributed by atoms with van der Waals surface area (Å²) in [5.41, 5.74) is 5.57. The number of nitrogens with one attached hydrogen (secondary N) is 1. The van der Waals surface area contributed by atoms with E-state index in [4.69, 9.17) is 10.5 Å². The molecule has 0 aromatic carbocycles. The van der Waals surface area contributed by atoms with Crippen LogP contribution >= 0.6 is 12.4 Å². The van der Waals surface area contributed by atoms with Crippen molar-refractivity contribution >= 4 is 18.3 Å². The summed E-state index contributed by atoms with van der Waals surface area (Å²) in [6.07, 6.45) is 7.89. The molecule has 2 aliphatic carbocycles. The molecule has 21 heavy (non-hydrogen) atoms. The van der Waals surface area contributed by atoms with Gasteiger partial charge in [0.25, 0.3) is 0 Å². The molecule has 1 saturated heterocycles. The van der Waals surface area contributed by atoms with Crippen LogP contribution in [-0.2, 0) is 9.53 Å². The van der Waals surface area contributed by atoms with Crippen molar-refractivity contribution in [2.45, 2.75) is 56.0 Å². The molecule has 3 N–H and O–H groups in total. The van der Waals surface area contributed by atoms with Crippen LogP contribution in [0.15, 0.2) is 0 Å². The quantitative estimate of drug-likeness (QED) is 0.813. The monoisotopic (exact) mass is 317 g/mol. The smallest absolute Gasteiger partial charge is 0.240 e. The molecule has 0 radical (unpaired) electrons. The van der Waals surface area contributed by atoms with E-state index in [0.29, 0.717) is 0 Å². The van der Waals surface area contributed by atoms with Crippen LogP contribution in [0, 0.1) is 0 Å². The van der Waals surface area contributed by atoms with Gasteiger partial charge in [0.05, 0.1) is 18.8 Å². The summed E-state index contributed by atoms with van der Waals surface area (Å²) in [5, 5.41) is 3.15. The summed E-state index contributed by atoms with van der Waals surface area (Å²) >= 11 is 0.